The number of esters is 1. The van der Waals surface area contributed by atoms with Crippen molar-refractivity contribution in [3.63, 3.8) is 0 Å². The van der Waals surface area contributed by atoms with Crippen LogP contribution in [0.2, 0.25) is 0 Å². The predicted octanol–water partition coefficient (Wildman–Crippen LogP) is 1.27. The molecule has 0 N–H and O–H groups in total. The number of benzene rings is 1. The van der Waals surface area contributed by atoms with Gasteiger partial charge in [-0.2, -0.15) is 0 Å². The average molecular weight is 466 g/mol. The van der Waals surface area contributed by atoms with Gasteiger partial charge in [-0.15, -0.1) is 0 Å². The number of piperidine rings is 1. The van der Waals surface area contributed by atoms with Crippen LogP contribution in [-0.2, 0) is 27.9 Å². The lowest BCUT2D eigenvalue weighted by atomic mass is 9.98. The van der Waals surface area contributed by atoms with Gasteiger partial charge < -0.3 is 9.64 Å². The highest BCUT2D eigenvalue weighted by molar-refractivity contribution is 5.79. The molecule has 3 aromatic rings. The molecule has 0 spiro atoms. The molecule has 178 valence electrons. The van der Waals surface area contributed by atoms with Crippen molar-refractivity contribution in [2.24, 2.45) is 13.0 Å². The van der Waals surface area contributed by atoms with Crippen LogP contribution in [0.4, 0.5) is 0 Å². The smallest absolute Gasteiger partial charge is 0.332 e. The fourth-order valence-corrected chi connectivity index (χ4v) is 4.16. The summed E-state index contributed by atoms with van der Waals surface area (Å²) in [6.07, 6.45) is 2.67. The summed E-state index contributed by atoms with van der Waals surface area (Å²) >= 11 is 0. The molecule has 1 fully saturated rings. The normalized spacial score (nSPS) is 16.0. The minimum Gasteiger partial charge on any atom is -0.466 e. The summed E-state index contributed by atoms with van der Waals surface area (Å²) in [6, 6.07) is 7.60. The zero-order valence-electron chi connectivity index (χ0n) is 19.5. The van der Waals surface area contributed by atoms with E-state index in [0.717, 1.165) is 15.7 Å². The van der Waals surface area contributed by atoms with Gasteiger partial charge in [-0.1, -0.05) is 29.8 Å². The summed E-state index contributed by atoms with van der Waals surface area (Å²) in [5.41, 5.74) is 0.788. The number of hydrogen-bond acceptors (Lipinski definition) is 7. The van der Waals surface area contributed by atoms with E-state index in [1.165, 1.54) is 22.7 Å². The second-order valence-electron chi connectivity index (χ2n) is 8.46. The molecule has 1 aliphatic heterocycles. The first-order valence-corrected chi connectivity index (χ1v) is 11.3. The van der Waals surface area contributed by atoms with Crippen LogP contribution in [0.25, 0.3) is 22.4 Å². The maximum absolute atomic E-state index is 13.1. The summed E-state index contributed by atoms with van der Waals surface area (Å²) in [6.45, 7) is 4.23. The fourth-order valence-electron chi connectivity index (χ4n) is 4.16. The van der Waals surface area contributed by atoms with Crippen molar-refractivity contribution >= 4 is 22.9 Å². The van der Waals surface area contributed by atoms with Crippen LogP contribution in [0, 0.1) is 12.8 Å². The largest absolute Gasteiger partial charge is 0.466 e. The van der Waals surface area contributed by atoms with E-state index >= 15 is 0 Å². The van der Waals surface area contributed by atoms with Crippen molar-refractivity contribution in [3.05, 3.63) is 56.9 Å². The van der Waals surface area contributed by atoms with Crippen molar-refractivity contribution in [1.82, 2.24) is 24.0 Å². The Labute approximate surface area is 195 Å². The Morgan fingerprint density at radius 2 is 1.91 bits per heavy atom. The third-order valence-electron chi connectivity index (χ3n) is 6.08. The number of fused-ring (bicyclic) bond motifs is 1. The lowest BCUT2D eigenvalue weighted by Gasteiger charge is -2.31. The van der Waals surface area contributed by atoms with E-state index in [9.17, 15) is 19.2 Å². The number of hydrogen-bond donors (Lipinski definition) is 0. The number of ether oxygens (including phenoxy) is 1. The molecule has 0 aliphatic carbocycles. The third kappa shape index (κ3) is 4.48. The number of aryl methyl sites for hydroxylation is 2. The molecular weight excluding hydrogens is 438 g/mol. The van der Waals surface area contributed by atoms with E-state index in [4.69, 9.17) is 4.74 Å². The van der Waals surface area contributed by atoms with E-state index in [0.29, 0.717) is 25.2 Å². The van der Waals surface area contributed by atoms with Gasteiger partial charge in [0.2, 0.25) is 5.91 Å². The van der Waals surface area contributed by atoms with Crippen LogP contribution in [-0.4, -0.2) is 55.6 Å². The number of rotatable bonds is 5. The Morgan fingerprint density at radius 3 is 2.62 bits per heavy atom. The first-order valence-electron chi connectivity index (χ1n) is 11.3. The van der Waals surface area contributed by atoms with Crippen molar-refractivity contribution in [1.29, 1.82) is 0 Å². The molecule has 4 rings (SSSR count). The van der Waals surface area contributed by atoms with E-state index < -0.39 is 29.6 Å². The van der Waals surface area contributed by atoms with Gasteiger partial charge in [0, 0.05) is 31.9 Å². The highest BCUT2D eigenvalue weighted by Crippen LogP contribution is 2.19. The maximum Gasteiger partial charge on any atom is 0.332 e. The minimum absolute atomic E-state index is 0.147. The van der Waals surface area contributed by atoms with Gasteiger partial charge in [-0.25, -0.2) is 14.8 Å². The molecule has 2 aromatic heterocycles. The van der Waals surface area contributed by atoms with Crippen LogP contribution in [0.15, 0.2) is 40.1 Å². The summed E-state index contributed by atoms with van der Waals surface area (Å²) in [5.74, 6) is -0.735. The first kappa shape index (κ1) is 23.3. The van der Waals surface area contributed by atoms with Gasteiger partial charge in [0.1, 0.15) is 11.9 Å². The lowest BCUT2D eigenvalue weighted by molar-refractivity contribution is -0.151. The molecule has 0 radical (unpaired) electrons. The van der Waals surface area contributed by atoms with E-state index in [1.807, 2.05) is 31.2 Å². The van der Waals surface area contributed by atoms with Crippen molar-refractivity contribution in [3.8, 4) is 11.4 Å². The van der Waals surface area contributed by atoms with Crippen LogP contribution in [0.1, 0.15) is 25.3 Å². The molecule has 10 nitrogen and oxygen atoms in total. The van der Waals surface area contributed by atoms with Gasteiger partial charge in [-0.05, 0) is 26.7 Å². The van der Waals surface area contributed by atoms with Gasteiger partial charge in [-0.3, -0.25) is 23.5 Å². The number of amides is 1. The summed E-state index contributed by atoms with van der Waals surface area (Å²) in [4.78, 5) is 61.4. The number of carbonyl (C=O) groups excluding carboxylic acids is 2. The minimum atomic E-state index is -0.640. The first-order chi connectivity index (χ1) is 16.3. The molecule has 1 amide bonds. The molecule has 34 heavy (non-hydrogen) atoms. The SMILES string of the molecule is CCOC(=O)[C@H]1CCCN(C(=O)Cn2c(=O)c3cnc(-c4ccc(C)cc4)nc3n(C)c2=O)C1. The zero-order chi connectivity index (χ0) is 24.4. The van der Waals surface area contributed by atoms with Crippen molar-refractivity contribution in [2.45, 2.75) is 33.2 Å². The van der Waals surface area contributed by atoms with Crippen LogP contribution < -0.4 is 11.2 Å². The topological polar surface area (TPSA) is 116 Å². The Bertz CT molecular complexity index is 1360. The highest BCUT2D eigenvalue weighted by Gasteiger charge is 2.30. The Kier molecular flexibility index (Phi) is 6.58. The number of nitrogens with zero attached hydrogens (tertiary/aromatic N) is 5. The summed E-state index contributed by atoms with van der Waals surface area (Å²) in [7, 11) is 1.51. The molecule has 1 atom stereocenters. The van der Waals surface area contributed by atoms with Crippen LogP contribution in [0.3, 0.4) is 0 Å². The Balaban J connectivity index is 1.63. The third-order valence-corrected chi connectivity index (χ3v) is 6.08. The second-order valence-corrected chi connectivity index (χ2v) is 8.46. The number of aromatic nitrogens is 4. The molecule has 1 aromatic carbocycles. The molecule has 3 heterocycles. The molecule has 1 saturated heterocycles. The molecule has 0 saturated carbocycles. The molecule has 0 unspecified atom stereocenters. The second kappa shape index (κ2) is 9.58. The molecule has 1 aliphatic rings. The van der Waals surface area contributed by atoms with Gasteiger partial charge in [0.25, 0.3) is 5.56 Å². The highest BCUT2D eigenvalue weighted by atomic mass is 16.5. The molecular formula is C24H27N5O5. The summed E-state index contributed by atoms with van der Waals surface area (Å²) in [5, 5.41) is 0.147. The maximum atomic E-state index is 13.1. The van der Waals surface area contributed by atoms with Gasteiger partial charge in [0.15, 0.2) is 11.5 Å². The quantitative estimate of drug-likeness (QED) is 0.521. The number of carbonyl (C=O) groups is 2. The standard InChI is InChI=1S/C24H27N5O5/c1-4-34-23(32)17-6-5-11-28(13-17)19(30)14-29-22(31)18-12-25-20(16-9-7-15(2)8-10-16)26-21(18)27(3)24(29)33/h7-10,12,17H,4-6,11,13-14H2,1-3H3/t17-/m0/s1. The van der Waals surface area contributed by atoms with Gasteiger partial charge >= 0.3 is 11.7 Å². The van der Waals surface area contributed by atoms with E-state index in [1.54, 1.807) is 6.92 Å². The molecule has 10 heteroatoms. The number of likely N-dealkylation sites (tertiary alicyclic amines) is 1. The Hall–Kier alpha value is -3.82. The monoisotopic (exact) mass is 465 g/mol. The van der Waals surface area contributed by atoms with E-state index in [2.05, 4.69) is 9.97 Å². The average Bonchev–Trinajstić information content (AvgIpc) is 2.85. The Morgan fingerprint density at radius 1 is 1.18 bits per heavy atom. The fraction of sp³-hybridized carbons (Fsp3) is 0.417. The van der Waals surface area contributed by atoms with E-state index in [-0.39, 0.29) is 30.2 Å². The zero-order valence-corrected chi connectivity index (χ0v) is 19.5. The van der Waals surface area contributed by atoms with Crippen molar-refractivity contribution in [2.75, 3.05) is 19.7 Å². The van der Waals surface area contributed by atoms with Gasteiger partial charge in [0.05, 0.1) is 12.5 Å². The summed E-state index contributed by atoms with van der Waals surface area (Å²) < 4.78 is 7.23. The van der Waals surface area contributed by atoms with Crippen LogP contribution in [0.5, 0.6) is 0 Å². The predicted molar refractivity (Wildman–Crippen MR) is 125 cm³/mol. The molecule has 0 bridgehead atoms. The van der Waals surface area contributed by atoms with Crippen LogP contribution >= 0.6 is 0 Å². The van der Waals surface area contributed by atoms with Crippen molar-refractivity contribution < 1.29 is 14.3 Å². The lowest BCUT2D eigenvalue weighted by Crippen LogP contribution is -2.48.